The quantitative estimate of drug-likeness (QED) is 0.209. The number of alkyl halides is 18. The third-order valence-electron chi connectivity index (χ3n) is 2.97. The monoisotopic (exact) mass is 796 g/mol. The Kier molecular flexibility index (Phi) is 17.8. The molecular formula is C15H12ErF18O6+6. The maximum Gasteiger partial charge on any atom is 0.505 e. The molecule has 0 amide bonds. The van der Waals surface area contributed by atoms with Crippen molar-refractivity contribution in [3.05, 3.63) is 0 Å². The first-order valence-corrected chi connectivity index (χ1v) is 8.36. The molecule has 0 aromatic carbocycles. The summed E-state index contributed by atoms with van der Waals surface area (Å²) >= 11 is 0. The minimum Gasteiger partial charge on any atom is -0.273 e. The van der Waals surface area contributed by atoms with Crippen LogP contribution >= 0.6 is 0 Å². The smallest absolute Gasteiger partial charge is 0.273 e. The van der Waals surface area contributed by atoms with Gasteiger partial charge in [-0.3, -0.25) is 28.8 Å². The second-order valence-corrected chi connectivity index (χ2v) is 6.20. The van der Waals surface area contributed by atoms with Gasteiger partial charge >= 0.3 is 71.8 Å². The molecule has 0 fully saturated rings. The number of ketones is 6. The summed E-state index contributed by atoms with van der Waals surface area (Å²) in [7, 11) is 0. The molecule has 25 heteroatoms. The van der Waals surface area contributed by atoms with Crippen LogP contribution in [0.2, 0.25) is 0 Å². The largest absolute Gasteiger partial charge is 0.505 e. The standard InChI is InChI=1S/3C5H2F6O2.Er/c3*6-4(7,8)2(12)1-3(13)5(9,10)11;/h3*1H2;/p+6. The van der Waals surface area contributed by atoms with Gasteiger partial charge in [-0.05, 0) is 0 Å². The van der Waals surface area contributed by atoms with E-state index in [0.717, 1.165) is 0 Å². The third-order valence-corrected chi connectivity index (χ3v) is 2.97. The summed E-state index contributed by atoms with van der Waals surface area (Å²) in [6.45, 7) is 0. The van der Waals surface area contributed by atoms with Crippen LogP contribution in [0.15, 0.2) is 0 Å². The van der Waals surface area contributed by atoms with Crippen molar-refractivity contribution in [3.8, 4) is 0 Å². The number of halogens is 18. The van der Waals surface area contributed by atoms with Crippen molar-refractivity contribution in [2.75, 3.05) is 0 Å². The first-order valence-electron chi connectivity index (χ1n) is 8.36. The number of rotatable bonds is 6. The summed E-state index contributed by atoms with van der Waals surface area (Å²) in [6, 6.07) is 0. The van der Waals surface area contributed by atoms with E-state index in [4.69, 9.17) is 28.8 Å². The van der Waals surface area contributed by atoms with Crippen LogP contribution in [0.25, 0.3) is 0 Å². The van der Waals surface area contributed by atoms with Gasteiger partial charge in [-0.25, -0.2) is 0 Å². The molecular weight excluding hydrogens is 785 g/mol. The molecule has 0 heterocycles. The number of hydrogen-bond acceptors (Lipinski definition) is 0. The van der Waals surface area contributed by atoms with E-state index in [-0.39, 0.29) is 37.3 Å². The summed E-state index contributed by atoms with van der Waals surface area (Å²) in [6.07, 6.45) is -37.4. The fraction of sp³-hybridized carbons (Fsp3) is 0.600. The Hall–Kier alpha value is -1.99. The molecule has 0 radical (unpaired) electrons. The molecule has 0 saturated carbocycles. The Labute approximate surface area is 236 Å². The van der Waals surface area contributed by atoms with Crippen LogP contribution in [0.3, 0.4) is 0 Å². The van der Waals surface area contributed by atoms with Crippen molar-refractivity contribution < 1.29 is 145 Å². The Morgan fingerprint density at radius 1 is 0.275 bits per heavy atom. The van der Waals surface area contributed by atoms with Gasteiger partial charge in [0.25, 0.3) is 0 Å². The van der Waals surface area contributed by atoms with Gasteiger partial charge in [0.1, 0.15) is 0 Å². The van der Waals surface area contributed by atoms with E-state index >= 15 is 0 Å². The van der Waals surface area contributed by atoms with E-state index in [1.165, 1.54) is 0 Å². The zero-order chi connectivity index (χ0) is 32.6. The minimum absolute atomic E-state index is 0. The fourth-order valence-electron chi connectivity index (χ4n) is 1.08. The van der Waals surface area contributed by atoms with Crippen LogP contribution < -0.4 is 0 Å². The molecule has 0 saturated heterocycles. The van der Waals surface area contributed by atoms with Crippen molar-refractivity contribution >= 4 is 34.7 Å². The molecule has 240 valence electrons. The molecule has 0 aromatic rings. The van der Waals surface area contributed by atoms with Crippen LogP contribution in [0.5, 0.6) is 0 Å². The van der Waals surface area contributed by atoms with Gasteiger partial charge < -0.3 is 0 Å². The van der Waals surface area contributed by atoms with Gasteiger partial charge in [-0.2, -0.15) is 79.0 Å². The molecule has 0 rings (SSSR count). The molecule has 0 bridgehead atoms. The predicted octanol–water partition coefficient (Wildman–Crippen LogP) is 4.77. The molecule has 0 aromatic heterocycles. The van der Waals surface area contributed by atoms with E-state index in [0.29, 0.717) is 0 Å². The molecule has 0 atom stereocenters. The van der Waals surface area contributed by atoms with Crippen molar-refractivity contribution in [3.63, 3.8) is 0 Å². The maximum atomic E-state index is 11.4. The SMILES string of the molecule is [Er].[OH+]=C(CC(=[OH+])C(F)(F)F)C(F)(F)F.[OH+]=C(CC(=[OH+])C(F)(F)F)C(F)(F)F.[OH+]=C(CC(=[OH+])C(F)(F)F)C(F)(F)F. The van der Waals surface area contributed by atoms with E-state index in [1.54, 1.807) is 0 Å². The average molecular weight is 797 g/mol. The van der Waals surface area contributed by atoms with E-state index in [1.807, 2.05) is 0 Å². The molecule has 0 spiro atoms. The zero-order valence-electron chi connectivity index (χ0n) is 17.9. The van der Waals surface area contributed by atoms with Crippen molar-refractivity contribution in [1.29, 1.82) is 0 Å². The summed E-state index contributed by atoms with van der Waals surface area (Å²) in [5.74, 6) is -14.3. The van der Waals surface area contributed by atoms with Crippen LogP contribution in [0, 0.1) is 37.3 Å². The molecule has 6 nitrogen and oxygen atoms in total. The average Bonchev–Trinajstić information content (AvgIpc) is 2.64. The summed E-state index contributed by atoms with van der Waals surface area (Å²) in [4.78, 5) is 48.2. The predicted molar refractivity (Wildman–Crippen MR) is 91.8 cm³/mol. The first kappa shape index (κ1) is 45.0. The molecule has 0 aliphatic heterocycles. The fourth-order valence-corrected chi connectivity index (χ4v) is 1.08. The second-order valence-electron chi connectivity index (χ2n) is 6.20. The Bertz CT molecular complexity index is 726. The second kappa shape index (κ2) is 15.9. The zero-order valence-corrected chi connectivity index (χ0v) is 19.7. The van der Waals surface area contributed by atoms with Crippen molar-refractivity contribution in [1.82, 2.24) is 0 Å². The van der Waals surface area contributed by atoms with E-state index in [9.17, 15) is 79.0 Å². The number of carbonyl (C=O) groups excluding carboxylic acids is 6. The molecule has 40 heavy (non-hydrogen) atoms. The number of hydrogen-bond donors (Lipinski definition) is 0. The van der Waals surface area contributed by atoms with Crippen LogP contribution in [0.1, 0.15) is 19.3 Å². The third kappa shape index (κ3) is 20.8. The van der Waals surface area contributed by atoms with Crippen LogP contribution in [0.4, 0.5) is 79.0 Å². The Morgan fingerprint density at radius 2 is 0.350 bits per heavy atom. The van der Waals surface area contributed by atoms with Crippen molar-refractivity contribution in [2.24, 2.45) is 0 Å². The van der Waals surface area contributed by atoms with Gasteiger partial charge in [-0.15, -0.1) is 0 Å². The van der Waals surface area contributed by atoms with Crippen molar-refractivity contribution in [2.45, 2.75) is 56.3 Å². The summed E-state index contributed by atoms with van der Waals surface area (Å²) in [5.41, 5.74) is 0. The molecule has 0 aliphatic rings. The van der Waals surface area contributed by atoms with Gasteiger partial charge in [0.2, 0.25) is 0 Å². The normalized spacial score (nSPS) is 12.4. The van der Waals surface area contributed by atoms with Crippen LogP contribution in [-0.4, -0.2) is 101 Å². The Balaban J connectivity index is -0.000000240. The van der Waals surface area contributed by atoms with Gasteiger partial charge in [0.05, 0.1) is 0 Å². The minimum atomic E-state index is -5.25. The molecule has 0 unspecified atom stereocenters. The molecule has 6 N–H and O–H groups in total. The maximum absolute atomic E-state index is 11.4. The van der Waals surface area contributed by atoms with Crippen LogP contribution in [-0.2, 0) is 0 Å². The van der Waals surface area contributed by atoms with Gasteiger partial charge in [0.15, 0.2) is 19.3 Å². The topological polar surface area (TPSA) is 128 Å². The Morgan fingerprint density at radius 3 is 0.400 bits per heavy atom. The van der Waals surface area contributed by atoms with Gasteiger partial charge in [-0.1, -0.05) is 0 Å². The van der Waals surface area contributed by atoms with E-state index < -0.39 is 91.0 Å². The van der Waals surface area contributed by atoms with Gasteiger partial charge in [0, 0.05) is 37.3 Å². The van der Waals surface area contributed by atoms with E-state index in [2.05, 4.69) is 0 Å². The first-order chi connectivity index (χ1) is 16.6. The summed E-state index contributed by atoms with van der Waals surface area (Å²) in [5, 5.41) is 0. The molecule has 0 aliphatic carbocycles. The summed E-state index contributed by atoms with van der Waals surface area (Å²) < 4.78 is 206.